The maximum absolute atomic E-state index is 11.0. The van der Waals surface area contributed by atoms with Crippen molar-refractivity contribution in [1.29, 1.82) is 5.26 Å². The van der Waals surface area contributed by atoms with Crippen LogP contribution in [0.2, 0.25) is 0 Å². The van der Waals surface area contributed by atoms with E-state index in [9.17, 15) is 15.4 Å². The molecule has 2 aromatic rings. The summed E-state index contributed by atoms with van der Waals surface area (Å²) in [6, 6.07) is 12.2. The van der Waals surface area contributed by atoms with Gasteiger partial charge in [0.25, 0.3) is 5.69 Å². The van der Waals surface area contributed by atoms with Crippen molar-refractivity contribution in [1.82, 2.24) is 0 Å². The minimum absolute atomic E-state index is 0.0319. The van der Waals surface area contributed by atoms with Gasteiger partial charge in [-0.1, -0.05) is 0 Å². The average Bonchev–Trinajstić information content (AvgIpc) is 3.15. The predicted octanol–water partition coefficient (Wildman–Crippen LogP) is 3.83. The van der Waals surface area contributed by atoms with Crippen LogP contribution in [-0.4, -0.2) is 25.7 Å². The molecule has 3 rings (SSSR count). The highest BCUT2D eigenvalue weighted by atomic mass is 16.6. The quantitative estimate of drug-likeness (QED) is 0.599. The Labute approximate surface area is 151 Å². The fraction of sp³-hybridized carbons (Fsp3) is 0.316. The molecule has 1 heterocycles. The summed E-state index contributed by atoms with van der Waals surface area (Å²) in [6.45, 7) is 0.770. The van der Waals surface area contributed by atoms with E-state index in [1.54, 1.807) is 20.3 Å². The van der Waals surface area contributed by atoms with Crippen molar-refractivity contribution >= 4 is 11.4 Å². The van der Waals surface area contributed by atoms with Crippen LogP contribution in [0.5, 0.6) is 11.5 Å². The molecular formula is C19H19N3O4. The molecule has 0 N–H and O–H groups in total. The van der Waals surface area contributed by atoms with Gasteiger partial charge in [0.2, 0.25) is 0 Å². The third kappa shape index (κ3) is 3.14. The summed E-state index contributed by atoms with van der Waals surface area (Å²) in [5.74, 6) is 1.44. The lowest BCUT2D eigenvalue weighted by Gasteiger charge is -2.29. The van der Waals surface area contributed by atoms with Crippen LogP contribution in [0.15, 0.2) is 36.4 Å². The van der Waals surface area contributed by atoms with E-state index in [0.29, 0.717) is 17.0 Å². The number of anilines is 1. The number of nitriles is 1. The Bertz CT molecular complexity index is 876. The van der Waals surface area contributed by atoms with E-state index in [1.807, 2.05) is 18.2 Å². The highest BCUT2D eigenvalue weighted by Crippen LogP contribution is 2.42. The number of benzene rings is 2. The monoisotopic (exact) mass is 353 g/mol. The third-order valence-electron chi connectivity index (χ3n) is 4.67. The Balaban J connectivity index is 2.02. The number of nitro groups is 1. The minimum Gasteiger partial charge on any atom is -0.497 e. The van der Waals surface area contributed by atoms with Crippen molar-refractivity contribution in [2.24, 2.45) is 0 Å². The number of hydrogen-bond donors (Lipinski definition) is 0. The summed E-state index contributed by atoms with van der Waals surface area (Å²) in [4.78, 5) is 12.6. The molecule has 0 radical (unpaired) electrons. The number of hydrogen-bond acceptors (Lipinski definition) is 6. The normalized spacial score (nSPS) is 16.2. The number of nitrogens with zero attached hydrogens (tertiary/aromatic N) is 3. The van der Waals surface area contributed by atoms with Crippen molar-refractivity contribution in [2.45, 2.75) is 18.9 Å². The van der Waals surface area contributed by atoms with Gasteiger partial charge >= 0.3 is 0 Å². The molecule has 0 amide bonds. The molecular weight excluding hydrogens is 334 g/mol. The minimum atomic E-state index is -0.488. The van der Waals surface area contributed by atoms with Gasteiger partial charge in [0.15, 0.2) is 0 Å². The maximum atomic E-state index is 11.0. The molecule has 1 aliphatic rings. The summed E-state index contributed by atoms with van der Waals surface area (Å²) in [5, 5.41) is 20.5. The van der Waals surface area contributed by atoms with E-state index in [-0.39, 0.29) is 11.7 Å². The molecule has 0 aliphatic carbocycles. The van der Waals surface area contributed by atoms with Crippen molar-refractivity contribution in [2.75, 3.05) is 25.7 Å². The third-order valence-corrected chi connectivity index (χ3v) is 4.67. The number of ether oxygens (including phenoxy) is 2. The first-order chi connectivity index (χ1) is 12.6. The molecule has 0 aromatic heterocycles. The summed E-state index contributed by atoms with van der Waals surface area (Å²) in [5.41, 5.74) is 1.94. The zero-order chi connectivity index (χ0) is 18.7. The van der Waals surface area contributed by atoms with Crippen LogP contribution < -0.4 is 14.4 Å². The van der Waals surface area contributed by atoms with Crippen molar-refractivity contribution in [3.05, 3.63) is 57.6 Å². The number of nitro benzene ring substituents is 1. The number of rotatable bonds is 5. The molecule has 2 aromatic carbocycles. The van der Waals surface area contributed by atoms with Crippen molar-refractivity contribution in [3.63, 3.8) is 0 Å². The predicted molar refractivity (Wildman–Crippen MR) is 96.7 cm³/mol. The topological polar surface area (TPSA) is 88.6 Å². The van der Waals surface area contributed by atoms with Gasteiger partial charge in [-0.3, -0.25) is 10.1 Å². The van der Waals surface area contributed by atoms with Crippen LogP contribution in [0.4, 0.5) is 11.4 Å². The van der Waals surface area contributed by atoms with E-state index in [2.05, 4.69) is 11.0 Å². The van der Waals surface area contributed by atoms with Crippen LogP contribution in [0.1, 0.15) is 30.0 Å². The molecule has 7 heteroatoms. The SMILES string of the molecule is COc1ccc(C2CCCN2c2ccc([N+](=O)[O-])cc2C#N)c(OC)c1. The van der Waals surface area contributed by atoms with E-state index in [4.69, 9.17) is 9.47 Å². The van der Waals surface area contributed by atoms with E-state index in [1.165, 1.54) is 12.1 Å². The van der Waals surface area contributed by atoms with Crippen LogP contribution >= 0.6 is 0 Å². The molecule has 134 valence electrons. The van der Waals surface area contributed by atoms with Crippen LogP contribution in [0.25, 0.3) is 0 Å². The molecule has 7 nitrogen and oxygen atoms in total. The second-order valence-electron chi connectivity index (χ2n) is 6.03. The van der Waals surface area contributed by atoms with Crippen LogP contribution in [0, 0.1) is 21.4 Å². The molecule has 1 aliphatic heterocycles. The Morgan fingerprint density at radius 3 is 2.69 bits per heavy atom. The fourth-order valence-electron chi connectivity index (χ4n) is 3.45. The van der Waals surface area contributed by atoms with Gasteiger partial charge in [-0.25, -0.2) is 0 Å². The second kappa shape index (κ2) is 7.31. The first kappa shape index (κ1) is 17.5. The van der Waals surface area contributed by atoms with E-state index < -0.39 is 4.92 Å². The zero-order valence-electron chi connectivity index (χ0n) is 14.6. The largest absolute Gasteiger partial charge is 0.497 e. The molecule has 0 saturated carbocycles. The summed E-state index contributed by atoms with van der Waals surface area (Å²) in [7, 11) is 3.22. The average molecular weight is 353 g/mol. The van der Waals surface area contributed by atoms with Gasteiger partial charge in [0.1, 0.15) is 17.6 Å². The summed E-state index contributed by atoms with van der Waals surface area (Å²) < 4.78 is 10.8. The van der Waals surface area contributed by atoms with E-state index in [0.717, 1.165) is 30.7 Å². The molecule has 1 atom stereocenters. The van der Waals surface area contributed by atoms with Gasteiger partial charge in [0, 0.05) is 30.3 Å². The van der Waals surface area contributed by atoms with Gasteiger partial charge in [0.05, 0.1) is 36.4 Å². The Hall–Kier alpha value is -3.27. The van der Waals surface area contributed by atoms with Crippen molar-refractivity contribution in [3.8, 4) is 17.6 Å². The van der Waals surface area contributed by atoms with Crippen molar-refractivity contribution < 1.29 is 14.4 Å². The smallest absolute Gasteiger partial charge is 0.270 e. The van der Waals surface area contributed by atoms with Crippen LogP contribution in [0.3, 0.4) is 0 Å². The lowest BCUT2D eigenvalue weighted by Crippen LogP contribution is -2.24. The fourth-order valence-corrected chi connectivity index (χ4v) is 3.45. The lowest BCUT2D eigenvalue weighted by atomic mass is 10.0. The number of methoxy groups -OCH3 is 2. The first-order valence-corrected chi connectivity index (χ1v) is 8.26. The molecule has 1 fully saturated rings. The van der Waals surface area contributed by atoms with Crippen LogP contribution in [-0.2, 0) is 0 Å². The molecule has 1 saturated heterocycles. The van der Waals surface area contributed by atoms with Gasteiger partial charge in [-0.05, 0) is 31.0 Å². The Kier molecular flexibility index (Phi) is 4.94. The van der Waals surface area contributed by atoms with Gasteiger partial charge in [-0.2, -0.15) is 5.26 Å². The molecule has 26 heavy (non-hydrogen) atoms. The Morgan fingerprint density at radius 2 is 2.04 bits per heavy atom. The van der Waals surface area contributed by atoms with E-state index >= 15 is 0 Å². The Morgan fingerprint density at radius 1 is 1.23 bits per heavy atom. The van der Waals surface area contributed by atoms with Gasteiger partial charge < -0.3 is 14.4 Å². The molecule has 0 spiro atoms. The molecule has 0 bridgehead atoms. The summed E-state index contributed by atoms with van der Waals surface area (Å²) in [6.07, 6.45) is 1.87. The van der Waals surface area contributed by atoms with Gasteiger partial charge in [-0.15, -0.1) is 0 Å². The first-order valence-electron chi connectivity index (χ1n) is 8.26. The maximum Gasteiger partial charge on any atom is 0.270 e. The summed E-state index contributed by atoms with van der Waals surface area (Å²) >= 11 is 0. The number of non-ortho nitro benzene ring substituents is 1. The lowest BCUT2D eigenvalue weighted by molar-refractivity contribution is -0.384. The standard InChI is InChI=1S/C19H19N3O4/c1-25-15-6-7-16(19(11-15)26-2)18-4-3-9-21(18)17-8-5-14(22(23)24)10-13(17)12-20/h5-8,10-11,18H,3-4,9H2,1-2H3. The molecule has 1 unspecified atom stereocenters. The highest BCUT2D eigenvalue weighted by Gasteiger charge is 2.30. The zero-order valence-corrected chi connectivity index (χ0v) is 14.6. The highest BCUT2D eigenvalue weighted by molar-refractivity contribution is 5.65. The second-order valence-corrected chi connectivity index (χ2v) is 6.03.